The van der Waals surface area contributed by atoms with Gasteiger partial charge < -0.3 is 20.7 Å². The van der Waals surface area contributed by atoms with Crippen molar-refractivity contribution in [2.45, 2.75) is 38.0 Å². The molecule has 0 aliphatic rings. The van der Waals surface area contributed by atoms with E-state index < -0.39 is 36.7 Å². The molecule has 0 radical (unpaired) electrons. The minimum atomic E-state index is -4.41. The Balaban J connectivity index is 2.51. The molecular weight excluding hydrogens is 293 g/mol. The van der Waals surface area contributed by atoms with Gasteiger partial charge in [-0.05, 0) is 6.92 Å². The second-order valence-corrected chi connectivity index (χ2v) is 4.51. The molecule has 0 aromatic carbocycles. The summed E-state index contributed by atoms with van der Waals surface area (Å²) in [5.41, 5.74) is 0.478. The molecular formula is C11H15F3N4O3. The molecule has 1 rings (SSSR count). The van der Waals surface area contributed by atoms with E-state index in [9.17, 15) is 22.8 Å². The van der Waals surface area contributed by atoms with E-state index in [0.717, 1.165) is 0 Å². The third kappa shape index (κ3) is 6.63. The Bertz CT molecular complexity index is 476. The highest BCUT2D eigenvalue weighted by Crippen LogP contribution is 2.21. The first-order valence-corrected chi connectivity index (χ1v) is 6.01. The van der Waals surface area contributed by atoms with Crippen molar-refractivity contribution in [3.05, 3.63) is 18.2 Å². The van der Waals surface area contributed by atoms with Crippen LogP contribution in [0.25, 0.3) is 0 Å². The van der Waals surface area contributed by atoms with E-state index in [4.69, 9.17) is 5.11 Å². The highest BCUT2D eigenvalue weighted by atomic mass is 19.4. The highest BCUT2D eigenvalue weighted by Gasteiger charge is 2.31. The summed E-state index contributed by atoms with van der Waals surface area (Å²) in [6, 6.07) is -3.41. The first-order chi connectivity index (χ1) is 9.67. The Kier molecular flexibility index (Phi) is 5.56. The third-order valence-corrected chi connectivity index (χ3v) is 2.50. The summed E-state index contributed by atoms with van der Waals surface area (Å²) in [7, 11) is 0. The Morgan fingerprint density at radius 1 is 1.43 bits per heavy atom. The maximum Gasteiger partial charge on any atom is 0.391 e. The molecule has 118 valence electrons. The number of halogens is 3. The van der Waals surface area contributed by atoms with E-state index in [1.165, 1.54) is 19.4 Å². The molecule has 0 saturated heterocycles. The fourth-order valence-electron chi connectivity index (χ4n) is 1.64. The Labute approximate surface area is 117 Å². The van der Waals surface area contributed by atoms with Crippen LogP contribution in [0.5, 0.6) is 0 Å². The lowest BCUT2D eigenvalue weighted by Crippen LogP contribution is -2.50. The molecule has 2 atom stereocenters. The number of hydrogen-bond acceptors (Lipinski definition) is 3. The van der Waals surface area contributed by atoms with Crippen molar-refractivity contribution in [3.8, 4) is 0 Å². The second-order valence-electron chi connectivity index (χ2n) is 4.51. The molecule has 0 fully saturated rings. The number of nitrogens with one attached hydrogen (secondary N) is 3. The zero-order chi connectivity index (χ0) is 16.0. The summed E-state index contributed by atoms with van der Waals surface area (Å²) >= 11 is 0. The van der Waals surface area contributed by atoms with Crippen LogP contribution in [0.3, 0.4) is 0 Å². The summed E-state index contributed by atoms with van der Waals surface area (Å²) in [6.45, 7) is 1.18. The van der Waals surface area contributed by atoms with Crippen LogP contribution in [0.4, 0.5) is 18.0 Å². The van der Waals surface area contributed by atoms with Gasteiger partial charge in [0.05, 0.1) is 12.7 Å². The summed E-state index contributed by atoms with van der Waals surface area (Å²) in [5.74, 6) is -1.30. The van der Waals surface area contributed by atoms with Gasteiger partial charge in [0.15, 0.2) is 0 Å². The molecule has 21 heavy (non-hydrogen) atoms. The number of hydrogen-bond donors (Lipinski definition) is 4. The van der Waals surface area contributed by atoms with Crippen molar-refractivity contribution in [2.24, 2.45) is 0 Å². The minimum absolute atomic E-state index is 0.0591. The van der Waals surface area contributed by atoms with E-state index in [1.807, 2.05) is 5.32 Å². The van der Waals surface area contributed by atoms with Crippen molar-refractivity contribution >= 4 is 12.0 Å². The quantitative estimate of drug-likeness (QED) is 0.630. The van der Waals surface area contributed by atoms with Gasteiger partial charge in [0, 0.05) is 24.4 Å². The summed E-state index contributed by atoms with van der Waals surface area (Å²) in [4.78, 5) is 28.9. The normalized spacial score (nSPS) is 14.3. The topological polar surface area (TPSA) is 107 Å². The SMILES string of the molecule is CC(CC(F)(F)F)NC(=O)NC(Cc1cnc[nH]1)C(=O)O. The number of alkyl halides is 3. The molecule has 2 unspecified atom stereocenters. The smallest absolute Gasteiger partial charge is 0.391 e. The van der Waals surface area contributed by atoms with Gasteiger partial charge in [-0.15, -0.1) is 0 Å². The number of H-pyrrole nitrogens is 1. The lowest BCUT2D eigenvalue weighted by Gasteiger charge is -2.19. The van der Waals surface area contributed by atoms with Crippen molar-refractivity contribution in [3.63, 3.8) is 0 Å². The van der Waals surface area contributed by atoms with Gasteiger partial charge in [-0.3, -0.25) is 0 Å². The van der Waals surface area contributed by atoms with Gasteiger partial charge in [-0.2, -0.15) is 13.2 Å². The molecule has 0 spiro atoms. The predicted octanol–water partition coefficient (Wildman–Crippen LogP) is 1.05. The first kappa shape index (κ1) is 16.8. The van der Waals surface area contributed by atoms with E-state index in [0.29, 0.717) is 5.69 Å². The highest BCUT2D eigenvalue weighted by molar-refractivity contribution is 5.82. The number of aliphatic carboxylic acids is 1. The molecule has 0 saturated carbocycles. The summed E-state index contributed by atoms with van der Waals surface area (Å²) < 4.78 is 36.4. The second kappa shape index (κ2) is 6.95. The van der Waals surface area contributed by atoms with Crippen LogP contribution >= 0.6 is 0 Å². The van der Waals surface area contributed by atoms with Gasteiger partial charge >= 0.3 is 18.2 Å². The molecule has 10 heteroatoms. The molecule has 1 heterocycles. The van der Waals surface area contributed by atoms with Crippen LogP contribution < -0.4 is 10.6 Å². The average Bonchev–Trinajstić information content (AvgIpc) is 2.77. The number of amides is 2. The zero-order valence-electron chi connectivity index (χ0n) is 11.1. The summed E-state index contributed by atoms with van der Waals surface area (Å²) in [6.07, 6.45) is -2.93. The maximum absolute atomic E-state index is 12.1. The lowest BCUT2D eigenvalue weighted by atomic mass is 10.1. The monoisotopic (exact) mass is 308 g/mol. The molecule has 1 aromatic rings. The fourth-order valence-corrected chi connectivity index (χ4v) is 1.64. The van der Waals surface area contributed by atoms with Crippen LogP contribution in [0.1, 0.15) is 19.0 Å². The number of aromatic amines is 1. The van der Waals surface area contributed by atoms with Gasteiger partial charge in [0.25, 0.3) is 0 Å². The van der Waals surface area contributed by atoms with Crippen molar-refractivity contribution in [1.29, 1.82) is 0 Å². The van der Waals surface area contributed by atoms with Gasteiger partial charge in [-0.1, -0.05) is 0 Å². The summed E-state index contributed by atoms with van der Waals surface area (Å²) in [5, 5.41) is 13.1. The number of carboxylic acid groups (broad SMARTS) is 1. The predicted molar refractivity (Wildman–Crippen MR) is 65.5 cm³/mol. The van der Waals surface area contributed by atoms with Gasteiger partial charge in [0.1, 0.15) is 6.04 Å². The Morgan fingerprint density at radius 3 is 2.57 bits per heavy atom. The number of imidazole rings is 1. The molecule has 0 bridgehead atoms. The Morgan fingerprint density at radius 2 is 2.10 bits per heavy atom. The van der Waals surface area contributed by atoms with Crippen molar-refractivity contribution in [1.82, 2.24) is 20.6 Å². The van der Waals surface area contributed by atoms with Gasteiger partial charge in [0.2, 0.25) is 0 Å². The van der Waals surface area contributed by atoms with Crippen LogP contribution in [0, 0.1) is 0 Å². The van der Waals surface area contributed by atoms with E-state index in [2.05, 4.69) is 15.3 Å². The number of carbonyl (C=O) groups is 2. The fraction of sp³-hybridized carbons (Fsp3) is 0.545. The first-order valence-electron chi connectivity index (χ1n) is 6.01. The van der Waals surface area contributed by atoms with Crippen molar-refractivity contribution < 1.29 is 27.9 Å². The number of nitrogens with zero attached hydrogens (tertiary/aromatic N) is 1. The van der Waals surface area contributed by atoms with Crippen molar-refractivity contribution in [2.75, 3.05) is 0 Å². The number of carbonyl (C=O) groups excluding carboxylic acids is 1. The zero-order valence-corrected chi connectivity index (χ0v) is 11.1. The van der Waals surface area contributed by atoms with Gasteiger partial charge in [-0.25, -0.2) is 14.6 Å². The largest absolute Gasteiger partial charge is 0.480 e. The molecule has 7 nitrogen and oxygen atoms in total. The molecule has 4 N–H and O–H groups in total. The number of urea groups is 1. The third-order valence-electron chi connectivity index (χ3n) is 2.50. The lowest BCUT2D eigenvalue weighted by molar-refractivity contribution is -0.140. The number of carboxylic acids is 1. The van der Waals surface area contributed by atoms with E-state index in [1.54, 1.807) is 0 Å². The Hall–Kier alpha value is -2.26. The van der Waals surface area contributed by atoms with E-state index in [-0.39, 0.29) is 6.42 Å². The van der Waals surface area contributed by atoms with Crippen LogP contribution in [0.2, 0.25) is 0 Å². The maximum atomic E-state index is 12.1. The molecule has 2 amide bonds. The van der Waals surface area contributed by atoms with E-state index >= 15 is 0 Å². The van der Waals surface area contributed by atoms with Crippen LogP contribution in [-0.2, 0) is 11.2 Å². The number of rotatable bonds is 6. The van der Waals surface area contributed by atoms with Crippen LogP contribution in [0.15, 0.2) is 12.5 Å². The average molecular weight is 308 g/mol. The molecule has 1 aromatic heterocycles. The minimum Gasteiger partial charge on any atom is -0.480 e. The van der Waals surface area contributed by atoms with Crippen LogP contribution in [-0.4, -0.2) is 45.3 Å². The molecule has 0 aliphatic heterocycles. The standard InChI is InChI=1S/C11H15F3N4O3/c1-6(3-11(12,13)14)17-10(21)18-8(9(19)20)2-7-4-15-5-16-7/h4-6,8H,2-3H2,1H3,(H,15,16)(H,19,20)(H2,17,18,21). The molecule has 0 aliphatic carbocycles. The number of aromatic nitrogens is 2.